The topological polar surface area (TPSA) is 84.2 Å². The highest BCUT2D eigenvalue weighted by atomic mass is 32.2. The van der Waals surface area contributed by atoms with Crippen LogP contribution in [0.4, 0.5) is 11.4 Å². The van der Waals surface area contributed by atoms with Gasteiger partial charge in [0.1, 0.15) is 0 Å². The number of nitrogens with one attached hydrogen (secondary N) is 2. The fourth-order valence-corrected chi connectivity index (χ4v) is 1.47. The van der Waals surface area contributed by atoms with Gasteiger partial charge in [-0.05, 0) is 18.2 Å². The van der Waals surface area contributed by atoms with E-state index in [0.717, 1.165) is 5.69 Å². The average Bonchev–Trinajstić information content (AvgIpc) is 2.12. The molecule has 0 bridgehead atoms. The quantitative estimate of drug-likeness (QED) is 0.646. The number of anilines is 2. The lowest BCUT2D eigenvalue weighted by atomic mass is 10.3. The first-order valence-corrected chi connectivity index (χ1v) is 5.64. The minimum atomic E-state index is -3.73. The molecule has 5 nitrogen and oxygen atoms in total. The molecule has 4 N–H and O–H groups in total. The molecule has 0 aliphatic heterocycles. The molecule has 0 heterocycles. The van der Waals surface area contributed by atoms with Crippen LogP contribution >= 0.6 is 0 Å². The van der Waals surface area contributed by atoms with E-state index >= 15 is 0 Å². The van der Waals surface area contributed by atoms with E-state index in [0.29, 0.717) is 12.2 Å². The third-order valence-corrected chi connectivity index (χ3v) is 2.04. The highest BCUT2D eigenvalue weighted by Crippen LogP contribution is 2.15. The van der Waals surface area contributed by atoms with Crippen LogP contribution in [0.25, 0.3) is 0 Å². The Labute approximate surface area is 88.9 Å². The lowest BCUT2D eigenvalue weighted by Crippen LogP contribution is -2.21. The Balaban J connectivity index is 2.80. The molecule has 1 aromatic rings. The molecule has 0 spiro atoms. The SMILES string of the molecule is C#CCNc1cccc(NS(N)(=O)=O)c1. The molecule has 0 saturated heterocycles. The van der Waals surface area contributed by atoms with Gasteiger partial charge in [-0.1, -0.05) is 12.0 Å². The molecule has 6 heteroatoms. The second kappa shape index (κ2) is 4.68. The summed E-state index contributed by atoms with van der Waals surface area (Å²) in [6.07, 6.45) is 5.07. The van der Waals surface area contributed by atoms with Crippen LogP contribution in [-0.2, 0) is 10.2 Å². The molecule has 15 heavy (non-hydrogen) atoms. The molecule has 0 atom stereocenters. The molecule has 80 valence electrons. The van der Waals surface area contributed by atoms with Crippen molar-refractivity contribution in [2.75, 3.05) is 16.6 Å². The van der Waals surface area contributed by atoms with E-state index < -0.39 is 10.2 Å². The fraction of sp³-hybridized carbons (Fsp3) is 0.111. The summed E-state index contributed by atoms with van der Waals surface area (Å²) in [4.78, 5) is 0. The molecule has 0 amide bonds. The Morgan fingerprint density at radius 1 is 1.40 bits per heavy atom. The van der Waals surface area contributed by atoms with Gasteiger partial charge in [-0.3, -0.25) is 4.72 Å². The van der Waals surface area contributed by atoms with E-state index in [2.05, 4.69) is 16.0 Å². The molecule has 0 aliphatic carbocycles. The minimum absolute atomic E-state index is 0.374. The van der Waals surface area contributed by atoms with E-state index in [-0.39, 0.29) is 0 Å². The number of hydrogen-bond donors (Lipinski definition) is 3. The molecule has 0 aliphatic rings. The maximum absolute atomic E-state index is 10.7. The van der Waals surface area contributed by atoms with E-state index in [1.165, 1.54) is 0 Å². The van der Waals surface area contributed by atoms with Crippen LogP contribution in [-0.4, -0.2) is 15.0 Å². The zero-order chi connectivity index (χ0) is 11.3. The molecule has 1 aromatic carbocycles. The zero-order valence-corrected chi connectivity index (χ0v) is 8.71. The normalized spacial score (nSPS) is 10.4. The van der Waals surface area contributed by atoms with Crippen molar-refractivity contribution in [3.63, 3.8) is 0 Å². The van der Waals surface area contributed by atoms with Crippen LogP contribution in [0.2, 0.25) is 0 Å². The predicted octanol–water partition coefficient (Wildman–Crippen LogP) is 0.347. The summed E-state index contributed by atoms with van der Waals surface area (Å²) < 4.78 is 23.6. The molecule has 0 radical (unpaired) electrons. The molecule has 0 saturated carbocycles. The van der Waals surface area contributed by atoms with E-state index in [1.807, 2.05) is 0 Å². The second-order valence-electron chi connectivity index (χ2n) is 2.79. The first-order chi connectivity index (χ1) is 7.01. The van der Waals surface area contributed by atoms with Crippen molar-refractivity contribution < 1.29 is 8.42 Å². The van der Waals surface area contributed by atoms with Crippen LogP contribution in [0.3, 0.4) is 0 Å². The van der Waals surface area contributed by atoms with Gasteiger partial charge in [0.25, 0.3) is 10.2 Å². The van der Waals surface area contributed by atoms with E-state index in [1.54, 1.807) is 24.3 Å². The van der Waals surface area contributed by atoms with Crippen LogP contribution in [0, 0.1) is 12.3 Å². The molecule has 1 rings (SSSR count). The summed E-state index contributed by atoms with van der Waals surface area (Å²) in [5.74, 6) is 2.41. The smallest absolute Gasteiger partial charge is 0.296 e. The van der Waals surface area contributed by atoms with Gasteiger partial charge in [-0.25, -0.2) is 5.14 Å². The Bertz CT molecular complexity index is 476. The van der Waals surface area contributed by atoms with Gasteiger partial charge in [0.05, 0.1) is 12.2 Å². The monoisotopic (exact) mass is 225 g/mol. The number of terminal acetylenes is 1. The van der Waals surface area contributed by atoms with Crippen molar-refractivity contribution in [3.8, 4) is 12.3 Å². The summed E-state index contributed by atoms with van der Waals surface area (Å²) in [6, 6.07) is 6.64. The van der Waals surface area contributed by atoms with Crippen molar-refractivity contribution in [1.29, 1.82) is 0 Å². The maximum atomic E-state index is 10.7. The van der Waals surface area contributed by atoms with Gasteiger partial charge in [-0.2, -0.15) is 8.42 Å². The van der Waals surface area contributed by atoms with Gasteiger partial charge in [-0.15, -0.1) is 6.42 Å². The summed E-state index contributed by atoms with van der Waals surface area (Å²) in [5, 5.41) is 7.73. The number of nitrogens with two attached hydrogens (primary N) is 1. The average molecular weight is 225 g/mol. The Kier molecular flexibility index (Phi) is 3.55. The summed E-state index contributed by atoms with van der Waals surface area (Å²) in [6.45, 7) is 0.374. The standard InChI is InChI=1S/C9H11N3O2S/c1-2-6-11-8-4-3-5-9(7-8)12-15(10,13)14/h1,3-5,7,11-12H,6H2,(H2,10,13,14). The van der Waals surface area contributed by atoms with E-state index in [4.69, 9.17) is 11.6 Å². The van der Waals surface area contributed by atoms with E-state index in [9.17, 15) is 8.42 Å². The molecule has 0 aromatic heterocycles. The van der Waals surface area contributed by atoms with Crippen molar-refractivity contribution in [2.24, 2.45) is 5.14 Å². The predicted molar refractivity (Wildman–Crippen MR) is 60.5 cm³/mol. The summed E-state index contributed by atoms with van der Waals surface area (Å²) >= 11 is 0. The van der Waals surface area contributed by atoms with Crippen LogP contribution in [0.15, 0.2) is 24.3 Å². The van der Waals surface area contributed by atoms with Crippen molar-refractivity contribution >= 4 is 21.6 Å². The Hall–Kier alpha value is -1.71. The van der Waals surface area contributed by atoms with Gasteiger partial charge in [0.2, 0.25) is 0 Å². The van der Waals surface area contributed by atoms with Gasteiger partial charge >= 0.3 is 0 Å². The van der Waals surface area contributed by atoms with Gasteiger partial charge in [0, 0.05) is 5.69 Å². The van der Waals surface area contributed by atoms with Gasteiger partial charge in [0.15, 0.2) is 0 Å². The van der Waals surface area contributed by atoms with Crippen molar-refractivity contribution in [1.82, 2.24) is 0 Å². The third-order valence-electron chi connectivity index (χ3n) is 1.52. The lowest BCUT2D eigenvalue weighted by Gasteiger charge is -2.06. The van der Waals surface area contributed by atoms with Crippen molar-refractivity contribution in [3.05, 3.63) is 24.3 Å². The largest absolute Gasteiger partial charge is 0.374 e. The fourth-order valence-electron chi connectivity index (χ4n) is 1.01. The summed E-state index contributed by atoms with van der Waals surface area (Å²) in [7, 11) is -3.73. The Morgan fingerprint density at radius 2 is 2.07 bits per heavy atom. The first kappa shape index (κ1) is 11.4. The van der Waals surface area contributed by atoms with Crippen LogP contribution in [0.1, 0.15) is 0 Å². The first-order valence-electron chi connectivity index (χ1n) is 4.09. The third kappa shape index (κ3) is 4.35. The summed E-state index contributed by atoms with van der Waals surface area (Å²) in [5.41, 5.74) is 1.11. The zero-order valence-electron chi connectivity index (χ0n) is 7.90. The van der Waals surface area contributed by atoms with Crippen LogP contribution < -0.4 is 15.2 Å². The highest BCUT2D eigenvalue weighted by molar-refractivity contribution is 7.90. The second-order valence-corrected chi connectivity index (χ2v) is 4.08. The molecular formula is C9H11N3O2S. The Morgan fingerprint density at radius 3 is 2.67 bits per heavy atom. The number of benzene rings is 1. The molecule has 0 fully saturated rings. The number of rotatable bonds is 4. The lowest BCUT2D eigenvalue weighted by molar-refractivity contribution is 0.603. The highest BCUT2D eigenvalue weighted by Gasteiger charge is 2.01. The minimum Gasteiger partial charge on any atom is -0.374 e. The van der Waals surface area contributed by atoms with Crippen LogP contribution in [0.5, 0.6) is 0 Å². The molecule has 0 unspecified atom stereocenters. The van der Waals surface area contributed by atoms with Gasteiger partial charge < -0.3 is 5.32 Å². The van der Waals surface area contributed by atoms with Crippen molar-refractivity contribution in [2.45, 2.75) is 0 Å². The maximum Gasteiger partial charge on any atom is 0.296 e. The number of hydrogen-bond acceptors (Lipinski definition) is 3. The molecular weight excluding hydrogens is 214 g/mol.